The lowest BCUT2D eigenvalue weighted by atomic mass is 9.93. The second-order valence-corrected chi connectivity index (χ2v) is 5.91. The minimum atomic E-state index is 0.157. The van der Waals surface area contributed by atoms with E-state index in [4.69, 9.17) is 4.74 Å². The SMILES string of the molecule is CCOCc1ccccc1CNC(=O)CCC1CCNCC1. The third-order valence-electron chi connectivity index (χ3n) is 4.29. The predicted octanol–water partition coefficient (Wildman–Crippen LogP) is 2.62. The predicted molar refractivity (Wildman–Crippen MR) is 88.4 cm³/mol. The van der Waals surface area contributed by atoms with Crippen molar-refractivity contribution in [2.45, 2.75) is 45.8 Å². The molecule has 0 aliphatic carbocycles. The van der Waals surface area contributed by atoms with Crippen molar-refractivity contribution < 1.29 is 9.53 Å². The Bertz CT molecular complexity index is 456. The second kappa shape index (κ2) is 9.59. The van der Waals surface area contributed by atoms with E-state index < -0.39 is 0 Å². The van der Waals surface area contributed by atoms with Crippen molar-refractivity contribution in [1.29, 1.82) is 0 Å². The fourth-order valence-electron chi connectivity index (χ4n) is 2.87. The molecule has 1 heterocycles. The molecule has 1 saturated heterocycles. The van der Waals surface area contributed by atoms with Crippen molar-refractivity contribution >= 4 is 5.91 Å². The van der Waals surface area contributed by atoms with Crippen LogP contribution in [0.4, 0.5) is 0 Å². The molecule has 122 valence electrons. The number of ether oxygens (including phenoxy) is 1. The fourth-order valence-corrected chi connectivity index (χ4v) is 2.87. The molecule has 4 nitrogen and oxygen atoms in total. The van der Waals surface area contributed by atoms with E-state index in [1.54, 1.807) is 0 Å². The number of hydrogen-bond acceptors (Lipinski definition) is 3. The summed E-state index contributed by atoms with van der Waals surface area (Å²) in [6, 6.07) is 8.14. The Morgan fingerprint density at radius 1 is 1.27 bits per heavy atom. The van der Waals surface area contributed by atoms with Crippen molar-refractivity contribution in [3.8, 4) is 0 Å². The second-order valence-electron chi connectivity index (χ2n) is 5.91. The topological polar surface area (TPSA) is 50.4 Å². The average molecular weight is 304 g/mol. The van der Waals surface area contributed by atoms with Crippen LogP contribution in [0.2, 0.25) is 0 Å². The lowest BCUT2D eigenvalue weighted by Gasteiger charge is -2.22. The van der Waals surface area contributed by atoms with E-state index in [1.165, 1.54) is 12.8 Å². The van der Waals surface area contributed by atoms with Gasteiger partial charge in [0.2, 0.25) is 5.91 Å². The summed E-state index contributed by atoms with van der Waals surface area (Å²) >= 11 is 0. The Kier molecular flexibility index (Phi) is 7.40. The number of piperidine rings is 1. The number of amides is 1. The molecule has 0 atom stereocenters. The van der Waals surface area contributed by atoms with Crippen molar-refractivity contribution in [3.63, 3.8) is 0 Å². The minimum Gasteiger partial charge on any atom is -0.377 e. The van der Waals surface area contributed by atoms with Gasteiger partial charge in [0.15, 0.2) is 0 Å². The van der Waals surface area contributed by atoms with Gasteiger partial charge in [-0.3, -0.25) is 4.79 Å². The number of hydrogen-bond donors (Lipinski definition) is 2. The lowest BCUT2D eigenvalue weighted by Crippen LogP contribution is -2.29. The lowest BCUT2D eigenvalue weighted by molar-refractivity contribution is -0.121. The first-order valence-electron chi connectivity index (χ1n) is 8.41. The van der Waals surface area contributed by atoms with Gasteiger partial charge < -0.3 is 15.4 Å². The van der Waals surface area contributed by atoms with Crippen molar-refractivity contribution in [2.24, 2.45) is 5.92 Å². The Morgan fingerprint density at radius 3 is 2.73 bits per heavy atom. The number of nitrogens with one attached hydrogen (secondary N) is 2. The Labute approximate surface area is 133 Å². The average Bonchev–Trinajstić information content (AvgIpc) is 2.58. The first-order chi connectivity index (χ1) is 10.8. The first-order valence-corrected chi connectivity index (χ1v) is 8.41. The zero-order valence-corrected chi connectivity index (χ0v) is 13.6. The van der Waals surface area contributed by atoms with E-state index in [1.807, 2.05) is 19.1 Å². The van der Waals surface area contributed by atoms with E-state index in [-0.39, 0.29) is 5.91 Å². The minimum absolute atomic E-state index is 0.157. The molecule has 4 heteroatoms. The van der Waals surface area contributed by atoms with E-state index in [0.717, 1.165) is 30.6 Å². The molecule has 1 aromatic rings. The first kappa shape index (κ1) is 17.0. The number of rotatable bonds is 8. The smallest absolute Gasteiger partial charge is 0.220 e. The summed E-state index contributed by atoms with van der Waals surface area (Å²) in [7, 11) is 0. The molecule has 1 fully saturated rings. The molecule has 0 bridgehead atoms. The summed E-state index contributed by atoms with van der Waals surface area (Å²) in [5.74, 6) is 0.863. The van der Waals surface area contributed by atoms with Crippen LogP contribution in [0.3, 0.4) is 0 Å². The quantitative estimate of drug-likeness (QED) is 0.776. The summed E-state index contributed by atoms with van der Waals surface area (Å²) in [6.07, 6.45) is 4.04. The van der Waals surface area contributed by atoms with Crippen molar-refractivity contribution in [1.82, 2.24) is 10.6 Å². The Balaban J connectivity index is 1.73. The van der Waals surface area contributed by atoms with Crippen LogP contribution in [-0.2, 0) is 22.7 Å². The van der Waals surface area contributed by atoms with Gasteiger partial charge in [-0.15, -0.1) is 0 Å². The highest BCUT2D eigenvalue weighted by Gasteiger charge is 2.14. The van der Waals surface area contributed by atoms with E-state index in [2.05, 4.69) is 22.8 Å². The highest BCUT2D eigenvalue weighted by Crippen LogP contribution is 2.17. The van der Waals surface area contributed by atoms with Gasteiger partial charge in [-0.1, -0.05) is 24.3 Å². The highest BCUT2D eigenvalue weighted by molar-refractivity contribution is 5.75. The van der Waals surface area contributed by atoms with Gasteiger partial charge in [0.25, 0.3) is 0 Å². The Morgan fingerprint density at radius 2 is 2.00 bits per heavy atom. The molecule has 0 unspecified atom stereocenters. The van der Waals surface area contributed by atoms with Gasteiger partial charge in [0.1, 0.15) is 0 Å². The van der Waals surface area contributed by atoms with Gasteiger partial charge in [-0.25, -0.2) is 0 Å². The molecule has 0 saturated carbocycles. The van der Waals surface area contributed by atoms with E-state index >= 15 is 0 Å². The third-order valence-corrected chi connectivity index (χ3v) is 4.29. The summed E-state index contributed by atoms with van der Waals surface area (Å²) in [5, 5.41) is 6.40. The van der Waals surface area contributed by atoms with Crippen LogP contribution in [-0.4, -0.2) is 25.6 Å². The third kappa shape index (κ3) is 5.78. The molecule has 1 aliphatic rings. The maximum atomic E-state index is 12.0. The molecular formula is C18H28N2O2. The van der Waals surface area contributed by atoms with Gasteiger partial charge in [0.05, 0.1) is 6.61 Å². The Hall–Kier alpha value is -1.39. The van der Waals surface area contributed by atoms with Crippen LogP contribution in [0.25, 0.3) is 0 Å². The zero-order valence-electron chi connectivity index (χ0n) is 13.6. The maximum Gasteiger partial charge on any atom is 0.220 e. The molecule has 0 spiro atoms. The maximum absolute atomic E-state index is 12.0. The van der Waals surface area contributed by atoms with Crippen LogP contribution >= 0.6 is 0 Å². The largest absolute Gasteiger partial charge is 0.377 e. The van der Waals surface area contributed by atoms with Gasteiger partial charge in [-0.2, -0.15) is 0 Å². The van der Waals surface area contributed by atoms with Crippen LogP contribution < -0.4 is 10.6 Å². The molecular weight excluding hydrogens is 276 g/mol. The van der Waals surface area contributed by atoms with Crippen LogP contribution in [0.15, 0.2) is 24.3 Å². The van der Waals surface area contributed by atoms with Crippen molar-refractivity contribution in [3.05, 3.63) is 35.4 Å². The van der Waals surface area contributed by atoms with Crippen LogP contribution in [0.1, 0.15) is 43.7 Å². The molecule has 1 aliphatic heterocycles. The zero-order chi connectivity index (χ0) is 15.6. The molecule has 0 radical (unpaired) electrons. The van der Waals surface area contributed by atoms with Crippen LogP contribution in [0.5, 0.6) is 0 Å². The van der Waals surface area contributed by atoms with Gasteiger partial charge in [0, 0.05) is 19.6 Å². The summed E-state index contributed by atoms with van der Waals surface area (Å²) in [5.41, 5.74) is 2.30. The van der Waals surface area contributed by atoms with E-state index in [9.17, 15) is 4.79 Å². The molecule has 2 N–H and O–H groups in total. The number of carbonyl (C=O) groups is 1. The van der Waals surface area contributed by atoms with Gasteiger partial charge >= 0.3 is 0 Å². The monoisotopic (exact) mass is 304 g/mol. The molecule has 0 aromatic heterocycles. The normalized spacial score (nSPS) is 15.7. The van der Waals surface area contributed by atoms with Crippen molar-refractivity contribution in [2.75, 3.05) is 19.7 Å². The standard InChI is InChI=1S/C18H28N2O2/c1-2-22-14-17-6-4-3-5-16(17)13-20-18(21)8-7-15-9-11-19-12-10-15/h3-6,15,19H,2,7-14H2,1H3,(H,20,21). The van der Waals surface area contributed by atoms with Crippen LogP contribution in [0, 0.1) is 5.92 Å². The summed E-state index contributed by atoms with van der Waals surface area (Å²) in [6.45, 7) is 6.09. The molecule has 1 amide bonds. The molecule has 22 heavy (non-hydrogen) atoms. The molecule has 2 rings (SSSR count). The van der Waals surface area contributed by atoms with E-state index in [0.29, 0.717) is 32.1 Å². The highest BCUT2D eigenvalue weighted by atomic mass is 16.5. The van der Waals surface area contributed by atoms with Gasteiger partial charge in [-0.05, 0) is 56.3 Å². The fraction of sp³-hybridized carbons (Fsp3) is 0.611. The summed E-state index contributed by atoms with van der Waals surface area (Å²) < 4.78 is 5.48. The molecule has 1 aromatic carbocycles. The number of benzene rings is 1. The number of carbonyl (C=O) groups excluding carboxylic acids is 1. The summed E-state index contributed by atoms with van der Waals surface area (Å²) in [4.78, 5) is 12.0.